The zero-order valence-corrected chi connectivity index (χ0v) is 17.8. The molecule has 1 N–H and O–H groups in total. The van der Waals surface area contributed by atoms with E-state index in [2.05, 4.69) is 5.32 Å². The van der Waals surface area contributed by atoms with Crippen LogP contribution in [-0.2, 0) is 9.59 Å². The number of hydrogen-bond acceptors (Lipinski definition) is 3. The Morgan fingerprint density at radius 2 is 1.79 bits per heavy atom. The molecule has 1 aromatic carbocycles. The van der Waals surface area contributed by atoms with Crippen LogP contribution >= 0.6 is 0 Å². The lowest BCUT2D eigenvalue weighted by Gasteiger charge is -2.55. The molecule has 4 fully saturated rings. The van der Waals surface area contributed by atoms with E-state index in [1.165, 1.54) is 19.3 Å². The van der Waals surface area contributed by atoms with Crippen molar-refractivity contribution in [3.63, 3.8) is 0 Å². The quantitative estimate of drug-likeness (QED) is 0.728. The number of aryl methyl sites for hydroxylation is 1. The first-order valence-electron chi connectivity index (χ1n) is 11.2. The van der Waals surface area contributed by atoms with Crippen molar-refractivity contribution in [2.24, 2.45) is 23.2 Å². The van der Waals surface area contributed by atoms with Gasteiger partial charge in [0.2, 0.25) is 11.8 Å². The Morgan fingerprint density at radius 3 is 2.41 bits per heavy atom. The van der Waals surface area contributed by atoms with Gasteiger partial charge in [-0.05, 0) is 80.9 Å². The molecule has 158 valence electrons. The Morgan fingerprint density at radius 1 is 1.14 bits per heavy atom. The third-order valence-electron chi connectivity index (χ3n) is 7.26. The predicted molar refractivity (Wildman–Crippen MR) is 113 cm³/mol. The van der Waals surface area contributed by atoms with Gasteiger partial charge < -0.3 is 15.0 Å². The average Bonchev–Trinajstić information content (AvgIpc) is 2.66. The van der Waals surface area contributed by atoms with Crippen LogP contribution in [0.4, 0.5) is 0 Å². The monoisotopic (exact) mass is 398 g/mol. The lowest BCUT2D eigenvalue weighted by atomic mass is 9.49. The van der Waals surface area contributed by atoms with Crippen molar-refractivity contribution >= 4 is 11.8 Å². The molecule has 5 heteroatoms. The molecule has 4 aliphatic carbocycles. The summed E-state index contributed by atoms with van der Waals surface area (Å²) in [5.41, 5.74) is 1.02. The Hall–Kier alpha value is -2.04. The minimum absolute atomic E-state index is 0.0451. The van der Waals surface area contributed by atoms with Crippen LogP contribution < -0.4 is 10.1 Å². The molecule has 1 aromatic rings. The summed E-state index contributed by atoms with van der Waals surface area (Å²) in [6, 6.07) is 7.91. The molecule has 0 atom stereocenters. The smallest absolute Gasteiger partial charge is 0.226 e. The van der Waals surface area contributed by atoms with Crippen molar-refractivity contribution in [1.29, 1.82) is 0 Å². The molecule has 0 radical (unpaired) electrons. The molecule has 4 bridgehead atoms. The summed E-state index contributed by atoms with van der Waals surface area (Å²) >= 11 is 0. The number of rotatable bonds is 8. The van der Waals surface area contributed by atoms with Crippen LogP contribution in [0.2, 0.25) is 0 Å². The molecule has 5 rings (SSSR count). The van der Waals surface area contributed by atoms with Gasteiger partial charge in [0, 0.05) is 25.4 Å². The lowest BCUT2D eigenvalue weighted by Crippen LogP contribution is -2.53. The first-order valence-corrected chi connectivity index (χ1v) is 11.2. The average molecular weight is 399 g/mol. The van der Waals surface area contributed by atoms with E-state index in [-0.39, 0.29) is 17.2 Å². The van der Waals surface area contributed by atoms with E-state index in [9.17, 15) is 9.59 Å². The third kappa shape index (κ3) is 4.59. The maximum Gasteiger partial charge on any atom is 0.226 e. The molecule has 4 aliphatic rings. The first-order chi connectivity index (χ1) is 13.9. The number of benzene rings is 1. The summed E-state index contributed by atoms with van der Waals surface area (Å²) in [6.07, 6.45) is 7.54. The zero-order valence-electron chi connectivity index (χ0n) is 17.8. The fourth-order valence-corrected chi connectivity index (χ4v) is 6.18. The van der Waals surface area contributed by atoms with Gasteiger partial charge in [0.25, 0.3) is 0 Å². The summed E-state index contributed by atoms with van der Waals surface area (Å²) in [5.74, 6) is 3.35. The minimum atomic E-state index is -0.134. The van der Waals surface area contributed by atoms with Gasteiger partial charge in [0.05, 0.1) is 6.54 Å². The third-order valence-corrected chi connectivity index (χ3v) is 7.26. The van der Waals surface area contributed by atoms with Crippen molar-refractivity contribution in [2.45, 2.75) is 51.9 Å². The Labute approximate surface area is 174 Å². The van der Waals surface area contributed by atoms with Crippen LogP contribution in [0.3, 0.4) is 0 Å². The SMILES string of the molecule is Cc1cccc(OCCN(C)C(=O)CCNC(=O)C23CC4CC(CC(C4)C2)C3)c1. The van der Waals surface area contributed by atoms with Crippen LogP contribution in [-0.4, -0.2) is 43.5 Å². The Kier molecular flexibility index (Phi) is 5.84. The normalized spacial score (nSPS) is 29.5. The standard InChI is InChI=1S/C24H34N2O3/c1-17-4-3-5-21(10-17)29-9-8-26(2)22(27)6-7-25-23(28)24-14-18-11-19(15-24)13-20(12-18)16-24/h3-5,10,18-20H,6-9,11-16H2,1-2H3,(H,25,28). The minimum Gasteiger partial charge on any atom is -0.492 e. The highest BCUT2D eigenvalue weighted by Crippen LogP contribution is 2.60. The molecule has 0 aliphatic heterocycles. The first kappa shape index (κ1) is 20.2. The number of carbonyl (C=O) groups excluding carboxylic acids is 2. The van der Waals surface area contributed by atoms with Crippen LogP contribution in [0.1, 0.15) is 50.5 Å². The van der Waals surface area contributed by atoms with Gasteiger partial charge in [-0.3, -0.25) is 9.59 Å². The molecule has 2 amide bonds. The van der Waals surface area contributed by atoms with E-state index in [4.69, 9.17) is 4.74 Å². The molecule has 0 aromatic heterocycles. The van der Waals surface area contributed by atoms with E-state index in [1.54, 1.807) is 11.9 Å². The van der Waals surface area contributed by atoms with Gasteiger partial charge in [0.1, 0.15) is 12.4 Å². The summed E-state index contributed by atoms with van der Waals surface area (Å²) in [7, 11) is 1.79. The molecule has 5 nitrogen and oxygen atoms in total. The van der Waals surface area contributed by atoms with Crippen molar-refractivity contribution in [1.82, 2.24) is 10.2 Å². The predicted octanol–water partition coefficient (Wildman–Crippen LogP) is 3.55. The number of carbonyl (C=O) groups is 2. The van der Waals surface area contributed by atoms with Gasteiger partial charge in [-0.15, -0.1) is 0 Å². The van der Waals surface area contributed by atoms with Crippen molar-refractivity contribution in [2.75, 3.05) is 26.7 Å². The Balaban J connectivity index is 1.17. The van der Waals surface area contributed by atoms with E-state index in [0.717, 1.165) is 48.3 Å². The maximum absolute atomic E-state index is 12.9. The van der Waals surface area contributed by atoms with Gasteiger partial charge in [-0.1, -0.05) is 12.1 Å². The largest absolute Gasteiger partial charge is 0.492 e. The molecular weight excluding hydrogens is 364 g/mol. The molecule has 0 unspecified atom stereocenters. The van der Waals surface area contributed by atoms with E-state index < -0.39 is 0 Å². The van der Waals surface area contributed by atoms with Gasteiger partial charge in [-0.25, -0.2) is 0 Å². The number of hydrogen-bond donors (Lipinski definition) is 1. The van der Waals surface area contributed by atoms with Crippen LogP contribution in [0, 0.1) is 30.1 Å². The fourth-order valence-electron chi connectivity index (χ4n) is 6.18. The van der Waals surface area contributed by atoms with Gasteiger partial charge in [0.15, 0.2) is 0 Å². The number of amides is 2. The fraction of sp³-hybridized carbons (Fsp3) is 0.667. The summed E-state index contributed by atoms with van der Waals surface area (Å²) < 4.78 is 5.72. The van der Waals surface area contributed by atoms with Gasteiger partial charge >= 0.3 is 0 Å². The number of likely N-dealkylation sites (N-methyl/N-ethyl adjacent to an activating group) is 1. The molecule has 29 heavy (non-hydrogen) atoms. The number of nitrogens with zero attached hydrogens (tertiary/aromatic N) is 1. The number of nitrogens with one attached hydrogen (secondary N) is 1. The van der Waals surface area contributed by atoms with Crippen molar-refractivity contribution in [3.05, 3.63) is 29.8 Å². The second-order valence-corrected chi connectivity index (χ2v) is 9.68. The van der Waals surface area contributed by atoms with E-state index in [1.807, 2.05) is 31.2 Å². The second-order valence-electron chi connectivity index (χ2n) is 9.68. The molecular formula is C24H34N2O3. The topological polar surface area (TPSA) is 58.6 Å². The summed E-state index contributed by atoms with van der Waals surface area (Å²) in [5, 5.41) is 3.10. The van der Waals surface area contributed by atoms with Crippen LogP contribution in [0.5, 0.6) is 5.75 Å². The van der Waals surface area contributed by atoms with Crippen LogP contribution in [0.15, 0.2) is 24.3 Å². The summed E-state index contributed by atoms with van der Waals surface area (Å²) in [6.45, 7) is 3.46. The second kappa shape index (κ2) is 8.37. The lowest BCUT2D eigenvalue weighted by molar-refractivity contribution is -0.146. The molecule has 0 saturated heterocycles. The zero-order chi connectivity index (χ0) is 20.4. The van der Waals surface area contributed by atoms with Crippen molar-refractivity contribution in [3.8, 4) is 5.75 Å². The molecule has 0 spiro atoms. The Bertz CT molecular complexity index is 725. The molecule has 0 heterocycles. The summed E-state index contributed by atoms with van der Waals surface area (Å²) in [4.78, 5) is 27.0. The van der Waals surface area contributed by atoms with Crippen LogP contribution in [0.25, 0.3) is 0 Å². The highest BCUT2D eigenvalue weighted by molar-refractivity contribution is 5.84. The van der Waals surface area contributed by atoms with Gasteiger partial charge in [-0.2, -0.15) is 0 Å². The van der Waals surface area contributed by atoms with E-state index >= 15 is 0 Å². The highest BCUT2D eigenvalue weighted by Gasteiger charge is 2.54. The molecule has 4 saturated carbocycles. The highest BCUT2D eigenvalue weighted by atomic mass is 16.5. The number of ether oxygens (including phenoxy) is 1. The van der Waals surface area contributed by atoms with Crippen molar-refractivity contribution < 1.29 is 14.3 Å². The maximum atomic E-state index is 12.9. The van der Waals surface area contributed by atoms with E-state index in [0.29, 0.717) is 26.1 Å².